The summed E-state index contributed by atoms with van der Waals surface area (Å²) < 4.78 is 39.2. The summed E-state index contributed by atoms with van der Waals surface area (Å²) >= 11 is 6.11. The van der Waals surface area contributed by atoms with Crippen molar-refractivity contribution < 1.29 is 22.8 Å². The number of halogens is 4. The van der Waals surface area contributed by atoms with Crippen LogP contribution in [0.15, 0.2) is 60.7 Å². The fraction of sp³-hybridized carbons (Fsp3) is 0.333. The van der Waals surface area contributed by atoms with E-state index in [1.54, 1.807) is 4.90 Å². The normalized spacial score (nSPS) is 15.6. The summed E-state index contributed by atoms with van der Waals surface area (Å²) in [6.07, 6.45) is -3.90. The molecule has 1 aliphatic heterocycles. The van der Waals surface area contributed by atoms with Crippen molar-refractivity contribution in [3.05, 3.63) is 87.9 Å². The van der Waals surface area contributed by atoms with Crippen molar-refractivity contribution in [1.29, 1.82) is 0 Å². The van der Waals surface area contributed by atoms with E-state index in [-0.39, 0.29) is 22.5 Å². The Kier molecular flexibility index (Phi) is 9.57. The number of carbonyl (C=O) groups excluding carboxylic acids is 2. The molecule has 1 atom stereocenters. The molecule has 2 amide bonds. The number of nitrogens with zero attached hydrogens (tertiary/aromatic N) is 2. The molecule has 3 aromatic carbocycles. The van der Waals surface area contributed by atoms with Gasteiger partial charge in [0.15, 0.2) is 0 Å². The van der Waals surface area contributed by atoms with Crippen LogP contribution in [0.4, 0.5) is 18.9 Å². The maximum absolute atomic E-state index is 13.3. The monoisotopic (exact) mass is 587 g/mol. The van der Waals surface area contributed by atoms with Gasteiger partial charge in [-0.05, 0) is 53.4 Å². The summed E-state index contributed by atoms with van der Waals surface area (Å²) in [5.41, 5.74) is 14.6. The third-order valence-electron chi connectivity index (χ3n) is 7.30. The molecular formula is C30H33ClF3N5O2. The number of hydrogen-bond donors (Lipinski definition) is 3. The minimum Gasteiger partial charge on any atom is -0.364 e. The van der Waals surface area contributed by atoms with Crippen molar-refractivity contribution in [3.8, 4) is 11.1 Å². The Bertz CT molecular complexity index is 1420. The Morgan fingerprint density at radius 1 is 1.02 bits per heavy atom. The van der Waals surface area contributed by atoms with Gasteiger partial charge in [0.25, 0.3) is 11.8 Å². The minimum atomic E-state index is -4.56. The molecule has 0 unspecified atom stereocenters. The van der Waals surface area contributed by atoms with E-state index in [1.807, 2.05) is 49.4 Å². The second-order valence-electron chi connectivity index (χ2n) is 9.84. The first-order valence-electron chi connectivity index (χ1n) is 13.4. The molecule has 0 aliphatic carbocycles. The van der Waals surface area contributed by atoms with Gasteiger partial charge >= 0.3 is 6.18 Å². The van der Waals surface area contributed by atoms with Gasteiger partial charge in [0.2, 0.25) is 0 Å². The Morgan fingerprint density at radius 2 is 1.78 bits per heavy atom. The van der Waals surface area contributed by atoms with Gasteiger partial charge in [-0.15, -0.1) is 0 Å². The highest BCUT2D eigenvalue weighted by Crippen LogP contribution is 2.34. The number of nitrogens with one attached hydrogen (secondary N) is 1. The average Bonchev–Trinajstić information content (AvgIpc) is 2.98. The van der Waals surface area contributed by atoms with Crippen LogP contribution in [0.5, 0.6) is 0 Å². The molecule has 41 heavy (non-hydrogen) atoms. The van der Waals surface area contributed by atoms with Gasteiger partial charge in [-0.3, -0.25) is 9.59 Å². The number of hydrogen-bond acceptors (Lipinski definition) is 5. The van der Waals surface area contributed by atoms with Crippen molar-refractivity contribution in [2.45, 2.75) is 32.1 Å². The standard InChI is InChI=1S/C30H33ClF3N5O2/c1-2-22-18-38(29(41)24-9-8-21(16-26(24)31)30(32,33)34)13-14-39(22)27-10-7-19(15-25(27)28(40)37-12-11-35)23-6-4-3-5-20(23)17-36/h3-10,15-16,22H,2,11-14,17-18,35-36H2,1H3,(H,37,40)/t22-/m1/s1. The van der Waals surface area contributed by atoms with Crippen LogP contribution < -0.4 is 21.7 Å². The maximum Gasteiger partial charge on any atom is 0.416 e. The van der Waals surface area contributed by atoms with Crippen LogP contribution in [0, 0.1) is 0 Å². The third kappa shape index (κ3) is 6.66. The fourth-order valence-corrected chi connectivity index (χ4v) is 5.40. The topological polar surface area (TPSA) is 105 Å². The lowest BCUT2D eigenvalue weighted by atomic mass is 9.95. The second-order valence-corrected chi connectivity index (χ2v) is 10.2. The predicted molar refractivity (Wildman–Crippen MR) is 155 cm³/mol. The molecule has 3 aromatic rings. The number of carbonyl (C=O) groups is 2. The summed E-state index contributed by atoms with van der Waals surface area (Å²) in [7, 11) is 0. The molecule has 5 N–H and O–H groups in total. The molecule has 0 aromatic heterocycles. The van der Waals surface area contributed by atoms with Crippen LogP contribution in [0.3, 0.4) is 0 Å². The quantitative estimate of drug-likeness (QED) is 0.347. The van der Waals surface area contributed by atoms with Crippen LogP contribution in [0.2, 0.25) is 5.02 Å². The number of piperazine rings is 1. The van der Waals surface area contributed by atoms with Gasteiger partial charge in [0.05, 0.1) is 21.7 Å². The van der Waals surface area contributed by atoms with Crippen LogP contribution in [-0.2, 0) is 12.7 Å². The lowest BCUT2D eigenvalue weighted by Gasteiger charge is -2.43. The van der Waals surface area contributed by atoms with Gasteiger partial charge in [-0.1, -0.05) is 48.9 Å². The predicted octanol–water partition coefficient (Wildman–Crippen LogP) is 4.91. The van der Waals surface area contributed by atoms with Crippen LogP contribution in [0.25, 0.3) is 11.1 Å². The Balaban J connectivity index is 1.63. The number of amides is 2. The van der Waals surface area contributed by atoms with E-state index < -0.39 is 17.6 Å². The first-order chi connectivity index (χ1) is 19.6. The molecule has 0 saturated carbocycles. The van der Waals surface area contributed by atoms with Gasteiger partial charge in [-0.25, -0.2) is 0 Å². The first-order valence-corrected chi connectivity index (χ1v) is 13.8. The molecule has 1 heterocycles. The van der Waals surface area contributed by atoms with Crippen LogP contribution in [-0.4, -0.2) is 55.5 Å². The number of nitrogens with two attached hydrogens (primary N) is 2. The molecule has 1 fully saturated rings. The Morgan fingerprint density at radius 3 is 2.44 bits per heavy atom. The van der Waals surface area contributed by atoms with E-state index in [0.29, 0.717) is 51.3 Å². The van der Waals surface area contributed by atoms with E-state index in [1.165, 1.54) is 0 Å². The number of rotatable bonds is 8. The molecular weight excluding hydrogens is 555 g/mol. The molecule has 1 saturated heterocycles. The van der Waals surface area contributed by atoms with Gasteiger partial charge in [0.1, 0.15) is 0 Å². The van der Waals surface area contributed by atoms with E-state index >= 15 is 0 Å². The Hall–Kier alpha value is -3.60. The second kappa shape index (κ2) is 12.9. The van der Waals surface area contributed by atoms with E-state index in [0.717, 1.165) is 40.6 Å². The zero-order chi connectivity index (χ0) is 29.7. The lowest BCUT2D eigenvalue weighted by Crippen LogP contribution is -2.55. The van der Waals surface area contributed by atoms with Gasteiger partial charge in [0, 0.05) is 51.0 Å². The molecule has 4 rings (SSSR count). The van der Waals surface area contributed by atoms with Crippen molar-refractivity contribution >= 4 is 29.1 Å². The zero-order valence-electron chi connectivity index (χ0n) is 22.7. The average molecular weight is 588 g/mol. The fourth-order valence-electron chi connectivity index (χ4n) is 5.14. The van der Waals surface area contributed by atoms with E-state index in [2.05, 4.69) is 10.2 Å². The lowest BCUT2D eigenvalue weighted by molar-refractivity contribution is -0.137. The molecule has 1 aliphatic rings. The van der Waals surface area contributed by atoms with Crippen LogP contribution in [0.1, 0.15) is 45.2 Å². The SMILES string of the molecule is CC[C@@H]1CN(C(=O)c2ccc(C(F)(F)F)cc2Cl)CCN1c1ccc(-c2ccccc2CN)cc1C(=O)NCCN. The summed E-state index contributed by atoms with van der Waals surface area (Å²) in [5.74, 6) is -0.695. The van der Waals surface area contributed by atoms with Crippen molar-refractivity contribution in [2.75, 3.05) is 37.6 Å². The number of alkyl halides is 3. The van der Waals surface area contributed by atoms with E-state index in [9.17, 15) is 22.8 Å². The van der Waals surface area contributed by atoms with Crippen molar-refractivity contribution in [3.63, 3.8) is 0 Å². The molecule has 0 spiro atoms. The summed E-state index contributed by atoms with van der Waals surface area (Å²) in [6.45, 7) is 3.97. The summed E-state index contributed by atoms with van der Waals surface area (Å²) in [6, 6.07) is 16.1. The first kappa shape index (κ1) is 30.4. The molecule has 0 radical (unpaired) electrons. The molecule has 11 heteroatoms. The molecule has 0 bridgehead atoms. The maximum atomic E-state index is 13.3. The number of anilines is 1. The zero-order valence-corrected chi connectivity index (χ0v) is 23.4. The van der Waals surface area contributed by atoms with Crippen molar-refractivity contribution in [2.24, 2.45) is 11.5 Å². The smallest absolute Gasteiger partial charge is 0.364 e. The largest absolute Gasteiger partial charge is 0.416 e. The van der Waals surface area contributed by atoms with Gasteiger partial charge in [-0.2, -0.15) is 13.2 Å². The summed E-state index contributed by atoms with van der Waals surface area (Å²) in [4.78, 5) is 30.3. The third-order valence-corrected chi connectivity index (χ3v) is 7.61. The van der Waals surface area contributed by atoms with Gasteiger partial charge < -0.3 is 26.6 Å². The van der Waals surface area contributed by atoms with Crippen LogP contribution >= 0.6 is 11.6 Å². The minimum absolute atomic E-state index is 0.0211. The summed E-state index contributed by atoms with van der Waals surface area (Å²) in [5, 5.41) is 2.62. The van der Waals surface area contributed by atoms with Crippen molar-refractivity contribution in [1.82, 2.24) is 10.2 Å². The molecule has 218 valence electrons. The highest BCUT2D eigenvalue weighted by molar-refractivity contribution is 6.33. The number of benzene rings is 3. The Labute approximate surface area is 242 Å². The highest BCUT2D eigenvalue weighted by atomic mass is 35.5. The van der Waals surface area contributed by atoms with E-state index in [4.69, 9.17) is 23.1 Å². The highest BCUT2D eigenvalue weighted by Gasteiger charge is 2.34. The molecule has 7 nitrogen and oxygen atoms in total.